The number of benzene rings is 2. The van der Waals surface area contributed by atoms with Crippen molar-refractivity contribution in [3.05, 3.63) is 53.1 Å². The summed E-state index contributed by atoms with van der Waals surface area (Å²) in [6, 6.07) is 12.3. The van der Waals surface area contributed by atoms with Crippen molar-refractivity contribution in [1.82, 2.24) is 0 Å². The number of anilines is 2. The van der Waals surface area contributed by atoms with Crippen LogP contribution in [0, 0.1) is 6.92 Å². The van der Waals surface area contributed by atoms with Crippen molar-refractivity contribution in [3.63, 3.8) is 0 Å². The molecule has 0 aromatic heterocycles. The molecular formula is C17H19ClN2O2. The average molecular weight is 319 g/mol. The molecule has 0 atom stereocenters. The normalized spacial score (nSPS) is 10.4. The van der Waals surface area contributed by atoms with Crippen LogP contribution in [0.25, 0.3) is 0 Å². The Bertz CT molecular complexity index is 671. The molecule has 0 heterocycles. The van der Waals surface area contributed by atoms with E-state index in [1.54, 1.807) is 18.2 Å². The fourth-order valence-corrected chi connectivity index (χ4v) is 2.06. The predicted molar refractivity (Wildman–Crippen MR) is 91.0 cm³/mol. The lowest BCUT2D eigenvalue weighted by Crippen LogP contribution is -2.20. The summed E-state index contributed by atoms with van der Waals surface area (Å²) >= 11 is 6.05. The first kappa shape index (κ1) is 16.2. The van der Waals surface area contributed by atoms with E-state index in [1.807, 2.05) is 45.0 Å². The molecule has 0 unspecified atom stereocenters. The minimum absolute atomic E-state index is 0.0296. The van der Waals surface area contributed by atoms with Gasteiger partial charge in [0, 0.05) is 10.7 Å². The standard InChI is InChI=1S/C17H19ClN2O2/c1-11(2)22-16-7-5-4-6-15(16)20-17(21)19-13-9-8-12(3)14(18)10-13/h4-11H,1-3H3,(H2,19,20,21). The van der Waals surface area contributed by atoms with E-state index in [9.17, 15) is 4.79 Å². The van der Waals surface area contributed by atoms with Gasteiger partial charge in [0.25, 0.3) is 0 Å². The third-order valence-electron chi connectivity index (χ3n) is 2.93. The molecular weight excluding hydrogens is 300 g/mol. The number of urea groups is 1. The monoisotopic (exact) mass is 318 g/mol. The molecule has 0 aliphatic rings. The molecule has 2 rings (SSSR count). The summed E-state index contributed by atoms with van der Waals surface area (Å²) < 4.78 is 5.67. The Morgan fingerprint density at radius 2 is 1.86 bits per heavy atom. The van der Waals surface area contributed by atoms with Gasteiger partial charge in [-0.25, -0.2) is 4.79 Å². The molecule has 0 aliphatic heterocycles. The number of carbonyl (C=O) groups is 1. The van der Waals surface area contributed by atoms with Crippen molar-refractivity contribution in [2.24, 2.45) is 0 Å². The van der Waals surface area contributed by atoms with Gasteiger partial charge in [-0.1, -0.05) is 29.8 Å². The largest absolute Gasteiger partial charge is 0.489 e. The van der Waals surface area contributed by atoms with Crippen molar-refractivity contribution in [1.29, 1.82) is 0 Å². The van der Waals surface area contributed by atoms with Gasteiger partial charge < -0.3 is 15.4 Å². The summed E-state index contributed by atoms with van der Waals surface area (Å²) in [4.78, 5) is 12.1. The van der Waals surface area contributed by atoms with Crippen molar-refractivity contribution >= 4 is 29.0 Å². The van der Waals surface area contributed by atoms with Crippen molar-refractivity contribution in [2.75, 3.05) is 10.6 Å². The third-order valence-corrected chi connectivity index (χ3v) is 3.33. The minimum atomic E-state index is -0.347. The van der Waals surface area contributed by atoms with Crippen LogP contribution in [0.4, 0.5) is 16.2 Å². The maximum atomic E-state index is 12.1. The van der Waals surface area contributed by atoms with E-state index in [1.165, 1.54) is 0 Å². The van der Waals surface area contributed by atoms with Crippen LogP contribution in [0.15, 0.2) is 42.5 Å². The van der Waals surface area contributed by atoms with Crippen LogP contribution in [0.3, 0.4) is 0 Å². The molecule has 22 heavy (non-hydrogen) atoms. The molecule has 0 aliphatic carbocycles. The Kier molecular flexibility index (Phi) is 5.28. The molecule has 0 saturated heterocycles. The zero-order valence-electron chi connectivity index (χ0n) is 12.8. The van der Waals surface area contributed by atoms with Gasteiger partial charge >= 0.3 is 6.03 Å². The van der Waals surface area contributed by atoms with Gasteiger partial charge in [-0.2, -0.15) is 0 Å². The second kappa shape index (κ2) is 7.18. The topological polar surface area (TPSA) is 50.4 Å². The zero-order valence-corrected chi connectivity index (χ0v) is 13.6. The number of amides is 2. The number of halogens is 1. The molecule has 2 amide bonds. The van der Waals surface area contributed by atoms with Crippen LogP contribution in [-0.2, 0) is 0 Å². The summed E-state index contributed by atoms with van der Waals surface area (Å²) in [6.07, 6.45) is 0.0296. The van der Waals surface area contributed by atoms with E-state index in [-0.39, 0.29) is 12.1 Å². The second-order valence-electron chi connectivity index (χ2n) is 5.21. The Hall–Kier alpha value is -2.20. The summed E-state index contributed by atoms with van der Waals surface area (Å²) in [7, 11) is 0. The fourth-order valence-electron chi connectivity index (χ4n) is 1.88. The Balaban J connectivity index is 2.07. The number of aryl methyl sites for hydroxylation is 1. The van der Waals surface area contributed by atoms with Gasteiger partial charge in [0.2, 0.25) is 0 Å². The highest BCUT2D eigenvalue weighted by molar-refractivity contribution is 6.31. The number of rotatable bonds is 4. The molecule has 0 saturated carbocycles. The SMILES string of the molecule is Cc1ccc(NC(=O)Nc2ccccc2OC(C)C)cc1Cl. The molecule has 116 valence electrons. The Morgan fingerprint density at radius 3 is 2.55 bits per heavy atom. The molecule has 5 heteroatoms. The average Bonchev–Trinajstić information content (AvgIpc) is 2.44. The van der Waals surface area contributed by atoms with Gasteiger partial charge in [-0.3, -0.25) is 0 Å². The number of hydrogen-bond donors (Lipinski definition) is 2. The van der Waals surface area contributed by atoms with Crippen molar-refractivity contribution in [2.45, 2.75) is 26.9 Å². The Labute approximate surface area is 135 Å². The zero-order chi connectivity index (χ0) is 16.1. The molecule has 4 nitrogen and oxygen atoms in total. The van der Waals surface area contributed by atoms with Crippen LogP contribution in [0.2, 0.25) is 5.02 Å². The summed E-state index contributed by atoms with van der Waals surface area (Å²) in [5, 5.41) is 6.14. The maximum Gasteiger partial charge on any atom is 0.323 e. The number of para-hydroxylation sites is 2. The highest BCUT2D eigenvalue weighted by atomic mass is 35.5. The number of nitrogens with one attached hydrogen (secondary N) is 2. The van der Waals surface area contributed by atoms with E-state index in [4.69, 9.17) is 16.3 Å². The quantitative estimate of drug-likeness (QED) is 0.826. The van der Waals surface area contributed by atoms with Gasteiger partial charge in [-0.15, -0.1) is 0 Å². The van der Waals surface area contributed by atoms with E-state index in [0.29, 0.717) is 22.1 Å². The van der Waals surface area contributed by atoms with E-state index >= 15 is 0 Å². The van der Waals surface area contributed by atoms with Gasteiger partial charge in [0.1, 0.15) is 5.75 Å². The highest BCUT2D eigenvalue weighted by Gasteiger charge is 2.09. The van der Waals surface area contributed by atoms with Crippen LogP contribution in [0.1, 0.15) is 19.4 Å². The lowest BCUT2D eigenvalue weighted by molar-refractivity contribution is 0.243. The fraction of sp³-hybridized carbons (Fsp3) is 0.235. The molecule has 0 spiro atoms. The third kappa shape index (κ3) is 4.40. The molecule has 2 aromatic carbocycles. The van der Waals surface area contributed by atoms with Crippen LogP contribution in [0.5, 0.6) is 5.75 Å². The minimum Gasteiger partial charge on any atom is -0.489 e. The molecule has 0 fully saturated rings. The first-order valence-corrected chi connectivity index (χ1v) is 7.43. The molecule has 2 aromatic rings. The van der Waals surface area contributed by atoms with Crippen molar-refractivity contribution in [3.8, 4) is 5.75 Å². The summed E-state index contributed by atoms with van der Waals surface area (Å²) in [5.74, 6) is 0.634. The van der Waals surface area contributed by atoms with Crippen LogP contribution >= 0.6 is 11.6 Å². The van der Waals surface area contributed by atoms with E-state index in [2.05, 4.69) is 10.6 Å². The molecule has 0 bridgehead atoms. The number of carbonyl (C=O) groups excluding carboxylic acids is 1. The van der Waals surface area contributed by atoms with Gasteiger partial charge in [0.05, 0.1) is 11.8 Å². The van der Waals surface area contributed by atoms with Crippen molar-refractivity contribution < 1.29 is 9.53 Å². The number of ether oxygens (including phenoxy) is 1. The van der Waals surface area contributed by atoms with Gasteiger partial charge in [0.15, 0.2) is 0 Å². The summed E-state index contributed by atoms with van der Waals surface area (Å²) in [6.45, 7) is 5.78. The smallest absolute Gasteiger partial charge is 0.323 e. The number of hydrogen-bond acceptors (Lipinski definition) is 2. The lowest BCUT2D eigenvalue weighted by Gasteiger charge is -2.15. The Morgan fingerprint density at radius 1 is 1.14 bits per heavy atom. The highest BCUT2D eigenvalue weighted by Crippen LogP contribution is 2.25. The van der Waals surface area contributed by atoms with E-state index in [0.717, 1.165) is 5.56 Å². The van der Waals surface area contributed by atoms with E-state index < -0.39 is 0 Å². The summed E-state index contributed by atoms with van der Waals surface area (Å²) in [5.41, 5.74) is 2.21. The predicted octanol–water partition coefficient (Wildman–Crippen LogP) is 5.08. The maximum absolute atomic E-state index is 12.1. The first-order chi connectivity index (χ1) is 10.5. The molecule has 2 N–H and O–H groups in total. The van der Waals surface area contributed by atoms with Crippen LogP contribution in [-0.4, -0.2) is 12.1 Å². The lowest BCUT2D eigenvalue weighted by atomic mass is 10.2. The second-order valence-corrected chi connectivity index (χ2v) is 5.61. The van der Waals surface area contributed by atoms with Crippen LogP contribution < -0.4 is 15.4 Å². The first-order valence-electron chi connectivity index (χ1n) is 7.05. The van der Waals surface area contributed by atoms with Gasteiger partial charge in [-0.05, 0) is 50.6 Å². The molecule has 0 radical (unpaired) electrons.